The largest absolute Gasteiger partial charge is 0.508 e. The van der Waals surface area contributed by atoms with Gasteiger partial charge in [-0.25, -0.2) is 4.79 Å². The lowest BCUT2D eigenvalue weighted by Crippen LogP contribution is -2.30. The molecule has 1 unspecified atom stereocenters. The van der Waals surface area contributed by atoms with E-state index >= 15 is 0 Å². The van der Waals surface area contributed by atoms with Gasteiger partial charge in [0.2, 0.25) is 0 Å². The molecule has 4 nitrogen and oxygen atoms in total. The predicted molar refractivity (Wildman–Crippen MR) is 73.3 cm³/mol. The number of benzene rings is 1. The second-order valence-corrected chi connectivity index (χ2v) is 4.79. The average molecular weight is 266 g/mol. The van der Waals surface area contributed by atoms with Crippen molar-refractivity contribution >= 4 is 5.97 Å². The van der Waals surface area contributed by atoms with Crippen LogP contribution in [-0.2, 0) is 16.0 Å². The Labute approximate surface area is 114 Å². The quantitative estimate of drug-likeness (QED) is 0.759. The zero-order valence-corrected chi connectivity index (χ0v) is 11.5. The Kier molecular flexibility index (Phi) is 6.36. The molecule has 0 spiro atoms. The summed E-state index contributed by atoms with van der Waals surface area (Å²) in [5.41, 5.74) is 0.759. The number of ether oxygens (including phenoxy) is 1. The summed E-state index contributed by atoms with van der Waals surface area (Å²) >= 11 is 0. The van der Waals surface area contributed by atoms with Crippen LogP contribution in [0.3, 0.4) is 0 Å². The van der Waals surface area contributed by atoms with E-state index in [0.717, 1.165) is 24.8 Å². The molecule has 0 amide bonds. The molecule has 106 valence electrons. The summed E-state index contributed by atoms with van der Waals surface area (Å²) in [4.78, 5) is 11.2. The van der Waals surface area contributed by atoms with Crippen LogP contribution < -0.4 is 0 Å². The van der Waals surface area contributed by atoms with Crippen LogP contribution in [0.15, 0.2) is 24.3 Å². The molecule has 19 heavy (non-hydrogen) atoms. The molecular weight excluding hydrogens is 244 g/mol. The van der Waals surface area contributed by atoms with Crippen LogP contribution in [0.1, 0.15) is 38.7 Å². The number of carboxylic acids is 1. The van der Waals surface area contributed by atoms with Crippen molar-refractivity contribution in [2.45, 2.75) is 51.7 Å². The summed E-state index contributed by atoms with van der Waals surface area (Å²) in [5.74, 6) is -0.827. The minimum Gasteiger partial charge on any atom is -0.508 e. The number of aromatic hydroxyl groups is 1. The van der Waals surface area contributed by atoms with Crippen molar-refractivity contribution < 1.29 is 19.7 Å². The molecule has 0 saturated heterocycles. The molecule has 0 aliphatic carbocycles. The third-order valence-electron chi connectivity index (χ3n) is 2.97. The monoisotopic (exact) mass is 266 g/mol. The highest BCUT2D eigenvalue weighted by Gasteiger charge is 2.21. The fourth-order valence-corrected chi connectivity index (χ4v) is 1.93. The van der Waals surface area contributed by atoms with Crippen molar-refractivity contribution in [3.8, 4) is 5.75 Å². The Balaban J connectivity index is 2.60. The van der Waals surface area contributed by atoms with Crippen molar-refractivity contribution in [2.75, 3.05) is 0 Å². The maximum Gasteiger partial charge on any atom is 0.333 e. The maximum atomic E-state index is 11.2. The SMILES string of the molecule is CCCCC(C)O[C@H](Cc1cccc(O)c1)C(=O)O. The maximum absolute atomic E-state index is 11.2. The minimum atomic E-state index is -0.966. The highest BCUT2D eigenvalue weighted by atomic mass is 16.5. The first-order chi connectivity index (χ1) is 9.02. The first kappa shape index (κ1) is 15.5. The minimum absolute atomic E-state index is 0.0710. The van der Waals surface area contributed by atoms with Crippen LogP contribution in [0.5, 0.6) is 5.75 Å². The van der Waals surface area contributed by atoms with E-state index in [-0.39, 0.29) is 18.3 Å². The highest BCUT2D eigenvalue weighted by molar-refractivity contribution is 5.72. The zero-order chi connectivity index (χ0) is 14.3. The number of rotatable bonds is 8. The van der Waals surface area contributed by atoms with Gasteiger partial charge in [0, 0.05) is 6.42 Å². The van der Waals surface area contributed by atoms with Crippen molar-refractivity contribution in [1.29, 1.82) is 0 Å². The molecule has 0 aliphatic heterocycles. The van der Waals surface area contributed by atoms with Gasteiger partial charge in [0.25, 0.3) is 0 Å². The van der Waals surface area contributed by atoms with Crippen LogP contribution in [-0.4, -0.2) is 28.4 Å². The Hall–Kier alpha value is -1.55. The number of hydrogen-bond donors (Lipinski definition) is 2. The lowest BCUT2D eigenvalue weighted by atomic mass is 10.1. The summed E-state index contributed by atoms with van der Waals surface area (Å²) < 4.78 is 5.58. The standard InChI is InChI=1S/C15H22O4/c1-3-4-6-11(2)19-14(15(17)18)10-12-7-5-8-13(16)9-12/h5,7-9,11,14,16H,3-4,6,10H2,1-2H3,(H,17,18)/t11?,14-/m1/s1. The van der Waals surface area contributed by atoms with E-state index in [1.54, 1.807) is 24.3 Å². The lowest BCUT2D eigenvalue weighted by molar-refractivity contribution is -0.153. The average Bonchev–Trinajstić information content (AvgIpc) is 2.35. The van der Waals surface area contributed by atoms with Gasteiger partial charge in [-0.15, -0.1) is 0 Å². The van der Waals surface area contributed by atoms with Gasteiger partial charge in [0.15, 0.2) is 6.10 Å². The third kappa shape index (κ3) is 5.75. The fourth-order valence-electron chi connectivity index (χ4n) is 1.93. The summed E-state index contributed by atoms with van der Waals surface area (Å²) in [6, 6.07) is 6.61. The molecule has 0 bridgehead atoms. The van der Waals surface area contributed by atoms with Crippen LogP contribution in [0.25, 0.3) is 0 Å². The summed E-state index contributed by atoms with van der Waals surface area (Å²) in [5, 5.41) is 18.6. The molecule has 0 saturated carbocycles. The van der Waals surface area contributed by atoms with Gasteiger partial charge in [0.1, 0.15) is 5.75 Å². The highest BCUT2D eigenvalue weighted by Crippen LogP contribution is 2.16. The third-order valence-corrected chi connectivity index (χ3v) is 2.97. The van der Waals surface area contributed by atoms with Gasteiger partial charge in [0.05, 0.1) is 6.10 Å². The van der Waals surface area contributed by atoms with Gasteiger partial charge in [-0.3, -0.25) is 0 Å². The van der Waals surface area contributed by atoms with E-state index in [2.05, 4.69) is 6.92 Å². The predicted octanol–water partition coefficient (Wildman–Crippen LogP) is 2.98. The molecular formula is C15H22O4. The van der Waals surface area contributed by atoms with Crippen LogP contribution in [0, 0.1) is 0 Å². The normalized spacial score (nSPS) is 14.0. The van der Waals surface area contributed by atoms with Gasteiger partial charge >= 0.3 is 5.97 Å². The van der Waals surface area contributed by atoms with Gasteiger partial charge in [-0.1, -0.05) is 31.9 Å². The number of carboxylic acid groups (broad SMARTS) is 1. The van der Waals surface area contributed by atoms with Gasteiger partial charge in [-0.2, -0.15) is 0 Å². The lowest BCUT2D eigenvalue weighted by Gasteiger charge is -2.19. The Morgan fingerprint density at radius 2 is 2.16 bits per heavy atom. The van der Waals surface area contributed by atoms with Crippen molar-refractivity contribution in [2.24, 2.45) is 0 Å². The molecule has 1 aromatic rings. The molecule has 2 N–H and O–H groups in total. The van der Waals surface area contributed by atoms with E-state index in [1.165, 1.54) is 0 Å². The van der Waals surface area contributed by atoms with Crippen molar-refractivity contribution in [3.05, 3.63) is 29.8 Å². The zero-order valence-electron chi connectivity index (χ0n) is 11.5. The molecule has 0 aliphatic rings. The molecule has 4 heteroatoms. The van der Waals surface area contributed by atoms with E-state index in [0.29, 0.717) is 0 Å². The molecule has 0 heterocycles. The van der Waals surface area contributed by atoms with Crippen LogP contribution >= 0.6 is 0 Å². The fraction of sp³-hybridized carbons (Fsp3) is 0.533. The number of hydrogen-bond acceptors (Lipinski definition) is 3. The molecule has 0 fully saturated rings. The summed E-state index contributed by atoms with van der Waals surface area (Å²) in [6.45, 7) is 3.99. The van der Waals surface area contributed by atoms with Gasteiger partial charge in [-0.05, 0) is 31.0 Å². The number of carbonyl (C=O) groups is 1. The van der Waals surface area contributed by atoms with Crippen LogP contribution in [0.4, 0.5) is 0 Å². The first-order valence-corrected chi connectivity index (χ1v) is 6.69. The van der Waals surface area contributed by atoms with Crippen molar-refractivity contribution in [3.63, 3.8) is 0 Å². The number of phenols is 1. The van der Waals surface area contributed by atoms with E-state index in [4.69, 9.17) is 4.74 Å². The number of aliphatic carboxylic acids is 1. The molecule has 0 aromatic heterocycles. The molecule has 0 radical (unpaired) electrons. The molecule has 1 rings (SSSR count). The van der Waals surface area contributed by atoms with Crippen LogP contribution in [0.2, 0.25) is 0 Å². The number of unbranched alkanes of at least 4 members (excludes halogenated alkanes) is 1. The summed E-state index contributed by atoms with van der Waals surface area (Å²) in [7, 11) is 0. The van der Waals surface area contributed by atoms with E-state index < -0.39 is 12.1 Å². The number of phenolic OH excluding ortho intramolecular Hbond substituents is 1. The summed E-state index contributed by atoms with van der Waals surface area (Å²) in [6.07, 6.45) is 2.28. The van der Waals surface area contributed by atoms with E-state index in [1.807, 2.05) is 6.92 Å². The Morgan fingerprint density at radius 3 is 2.74 bits per heavy atom. The van der Waals surface area contributed by atoms with Crippen molar-refractivity contribution in [1.82, 2.24) is 0 Å². The molecule has 2 atom stereocenters. The molecule has 1 aromatic carbocycles. The second-order valence-electron chi connectivity index (χ2n) is 4.79. The first-order valence-electron chi connectivity index (χ1n) is 6.69. The Morgan fingerprint density at radius 1 is 1.42 bits per heavy atom. The van der Waals surface area contributed by atoms with E-state index in [9.17, 15) is 15.0 Å². The second kappa shape index (κ2) is 7.79. The van der Waals surface area contributed by atoms with Gasteiger partial charge < -0.3 is 14.9 Å². The topological polar surface area (TPSA) is 66.8 Å². The Bertz CT molecular complexity index is 403. The smallest absolute Gasteiger partial charge is 0.333 e.